The summed E-state index contributed by atoms with van der Waals surface area (Å²) in [7, 11) is 2.95. The highest BCUT2D eigenvalue weighted by atomic mass is 16.5. The largest absolute Gasteiger partial charge is 0.467 e. The molecule has 1 aromatic heterocycles. The summed E-state index contributed by atoms with van der Waals surface area (Å²) < 4.78 is 15.8. The number of rotatable bonds is 4. The Morgan fingerprint density at radius 3 is 2.80 bits per heavy atom. The van der Waals surface area contributed by atoms with Gasteiger partial charge in [-0.2, -0.15) is 0 Å². The molecule has 1 aliphatic rings. The lowest BCUT2D eigenvalue weighted by molar-refractivity contribution is -0.149. The normalized spacial score (nSPS) is 20.7. The van der Waals surface area contributed by atoms with Gasteiger partial charge in [0.1, 0.15) is 17.9 Å². The van der Waals surface area contributed by atoms with E-state index in [0.29, 0.717) is 30.5 Å². The standard InChI is InChI=1S/C19H23NO5/c1-4-12-5-6-17-14(9-12)15(11-25-17)18(21)20-8-7-13(23-2)10-16(20)19(22)24-3/h5-6,9,11,13,16H,4,7-8,10H2,1-3H3/t13-,16-/m1/s1. The number of fused-ring (bicyclic) bond motifs is 1. The highest BCUT2D eigenvalue weighted by Crippen LogP contribution is 2.28. The molecule has 0 saturated carbocycles. The minimum absolute atomic E-state index is 0.0547. The molecule has 6 heteroatoms. The third-order valence-electron chi connectivity index (χ3n) is 4.90. The first-order chi connectivity index (χ1) is 12.1. The monoisotopic (exact) mass is 345 g/mol. The van der Waals surface area contributed by atoms with E-state index >= 15 is 0 Å². The number of esters is 1. The van der Waals surface area contributed by atoms with Gasteiger partial charge in [-0.25, -0.2) is 4.79 Å². The highest BCUT2D eigenvalue weighted by Gasteiger charge is 2.38. The van der Waals surface area contributed by atoms with Gasteiger partial charge in [0.25, 0.3) is 5.91 Å². The molecule has 0 unspecified atom stereocenters. The summed E-state index contributed by atoms with van der Waals surface area (Å²) in [5, 5.41) is 0.779. The van der Waals surface area contributed by atoms with Crippen molar-refractivity contribution >= 4 is 22.8 Å². The number of carbonyl (C=O) groups is 2. The van der Waals surface area contributed by atoms with Gasteiger partial charge in [-0.15, -0.1) is 0 Å². The molecule has 2 aromatic rings. The number of likely N-dealkylation sites (tertiary alicyclic amines) is 1. The Bertz CT molecular complexity index is 781. The second-order valence-electron chi connectivity index (χ2n) is 6.25. The quantitative estimate of drug-likeness (QED) is 0.797. The fourth-order valence-electron chi connectivity index (χ4n) is 3.37. The van der Waals surface area contributed by atoms with Crippen LogP contribution in [-0.2, 0) is 20.7 Å². The van der Waals surface area contributed by atoms with Gasteiger partial charge in [0.15, 0.2) is 0 Å². The lowest BCUT2D eigenvalue weighted by Crippen LogP contribution is -2.52. The second kappa shape index (κ2) is 7.27. The molecule has 0 spiro atoms. The molecule has 0 aliphatic carbocycles. The number of methoxy groups -OCH3 is 2. The average Bonchev–Trinajstić information content (AvgIpc) is 3.09. The summed E-state index contributed by atoms with van der Waals surface area (Å²) in [5.74, 6) is -0.630. The zero-order chi connectivity index (χ0) is 18.0. The first-order valence-electron chi connectivity index (χ1n) is 8.50. The van der Waals surface area contributed by atoms with Crippen molar-refractivity contribution in [2.45, 2.75) is 38.3 Å². The highest BCUT2D eigenvalue weighted by molar-refractivity contribution is 6.07. The maximum absolute atomic E-state index is 13.1. The number of amides is 1. The number of carbonyl (C=O) groups excluding carboxylic acids is 2. The Kier molecular flexibility index (Phi) is 5.08. The van der Waals surface area contributed by atoms with E-state index in [0.717, 1.165) is 17.4 Å². The number of hydrogen-bond donors (Lipinski definition) is 0. The van der Waals surface area contributed by atoms with Crippen molar-refractivity contribution in [3.05, 3.63) is 35.6 Å². The molecular weight excluding hydrogens is 322 g/mol. The van der Waals surface area contributed by atoms with E-state index in [9.17, 15) is 9.59 Å². The average molecular weight is 345 g/mol. The third kappa shape index (κ3) is 3.26. The number of ether oxygens (including phenoxy) is 2. The van der Waals surface area contributed by atoms with Gasteiger partial charge >= 0.3 is 5.97 Å². The van der Waals surface area contributed by atoms with Crippen molar-refractivity contribution in [1.29, 1.82) is 0 Å². The van der Waals surface area contributed by atoms with E-state index in [-0.39, 0.29) is 12.0 Å². The minimum atomic E-state index is -0.643. The topological polar surface area (TPSA) is 69.0 Å². The van der Waals surface area contributed by atoms with Gasteiger partial charge in [0.05, 0.1) is 18.8 Å². The van der Waals surface area contributed by atoms with Crippen LogP contribution in [0.3, 0.4) is 0 Å². The van der Waals surface area contributed by atoms with Crippen LogP contribution in [-0.4, -0.2) is 49.7 Å². The van der Waals surface area contributed by atoms with Crippen molar-refractivity contribution < 1.29 is 23.5 Å². The van der Waals surface area contributed by atoms with Crippen molar-refractivity contribution in [3.8, 4) is 0 Å². The van der Waals surface area contributed by atoms with Crippen LogP contribution in [0.5, 0.6) is 0 Å². The second-order valence-corrected chi connectivity index (χ2v) is 6.25. The molecule has 3 rings (SSSR count). The van der Waals surface area contributed by atoms with Crippen LogP contribution in [0.4, 0.5) is 0 Å². The first kappa shape index (κ1) is 17.5. The molecule has 0 bridgehead atoms. The fourth-order valence-corrected chi connectivity index (χ4v) is 3.37. The van der Waals surface area contributed by atoms with Crippen LogP contribution in [0.15, 0.2) is 28.9 Å². The minimum Gasteiger partial charge on any atom is -0.467 e. The number of nitrogens with zero attached hydrogens (tertiary/aromatic N) is 1. The van der Waals surface area contributed by atoms with Gasteiger partial charge in [-0.1, -0.05) is 13.0 Å². The molecular formula is C19H23NO5. The van der Waals surface area contributed by atoms with E-state index in [4.69, 9.17) is 13.9 Å². The fraction of sp³-hybridized carbons (Fsp3) is 0.474. The molecule has 2 atom stereocenters. The Labute approximate surface area is 146 Å². The molecule has 0 radical (unpaired) electrons. The van der Waals surface area contributed by atoms with E-state index in [2.05, 4.69) is 6.92 Å². The summed E-state index contributed by atoms with van der Waals surface area (Å²) >= 11 is 0. The van der Waals surface area contributed by atoms with Crippen LogP contribution in [0.25, 0.3) is 11.0 Å². The Hall–Kier alpha value is -2.34. The molecule has 1 amide bonds. The molecule has 1 fully saturated rings. The first-order valence-corrected chi connectivity index (χ1v) is 8.50. The van der Waals surface area contributed by atoms with Gasteiger partial charge in [-0.05, 0) is 30.5 Å². The number of piperidine rings is 1. The number of aryl methyl sites for hydroxylation is 1. The van der Waals surface area contributed by atoms with Crippen molar-refractivity contribution in [2.24, 2.45) is 0 Å². The Morgan fingerprint density at radius 1 is 1.32 bits per heavy atom. The number of furan rings is 1. The maximum atomic E-state index is 13.1. The van der Waals surface area contributed by atoms with Crippen molar-refractivity contribution in [1.82, 2.24) is 4.90 Å². The molecule has 1 aromatic carbocycles. The molecule has 0 N–H and O–H groups in total. The smallest absolute Gasteiger partial charge is 0.328 e. The lowest BCUT2D eigenvalue weighted by Gasteiger charge is -2.37. The van der Waals surface area contributed by atoms with Crippen LogP contribution in [0.1, 0.15) is 35.7 Å². The van der Waals surface area contributed by atoms with E-state index < -0.39 is 12.0 Å². The predicted octanol–water partition coefficient (Wildman–Crippen LogP) is 2.79. The molecule has 1 saturated heterocycles. The lowest BCUT2D eigenvalue weighted by atomic mass is 9.97. The van der Waals surface area contributed by atoms with Crippen LogP contribution < -0.4 is 0 Å². The van der Waals surface area contributed by atoms with Crippen LogP contribution in [0.2, 0.25) is 0 Å². The molecule has 134 valence electrons. The molecule has 25 heavy (non-hydrogen) atoms. The van der Waals surface area contributed by atoms with Crippen LogP contribution >= 0.6 is 0 Å². The molecule has 1 aliphatic heterocycles. The van der Waals surface area contributed by atoms with Crippen LogP contribution in [0, 0.1) is 0 Å². The van der Waals surface area contributed by atoms with Crippen molar-refractivity contribution in [2.75, 3.05) is 20.8 Å². The Morgan fingerprint density at radius 2 is 2.12 bits per heavy atom. The third-order valence-corrected chi connectivity index (χ3v) is 4.90. The summed E-state index contributed by atoms with van der Waals surface area (Å²) in [4.78, 5) is 26.9. The van der Waals surface area contributed by atoms with Crippen molar-refractivity contribution in [3.63, 3.8) is 0 Å². The SMILES string of the molecule is CCc1ccc2occ(C(=O)N3CC[C@@H](OC)C[C@@H]3C(=O)OC)c2c1. The molecule has 6 nitrogen and oxygen atoms in total. The predicted molar refractivity (Wildman–Crippen MR) is 92.5 cm³/mol. The summed E-state index contributed by atoms with van der Waals surface area (Å²) in [6.07, 6.45) is 3.42. The summed E-state index contributed by atoms with van der Waals surface area (Å²) in [5.41, 5.74) is 2.28. The number of benzene rings is 1. The molecule has 2 heterocycles. The zero-order valence-corrected chi connectivity index (χ0v) is 14.8. The van der Waals surface area contributed by atoms with Gasteiger partial charge in [-0.3, -0.25) is 4.79 Å². The summed E-state index contributed by atoms with van der Waals surface area (Å²) in [6, 6.07) is 5.19. The van der Waals surface area contributed by atoms with Gasteiger partial charge in [0, 0.05) is 25.5 Å². The van der Waals surface area contributed by atoms with E-state index in [1.807, 2.05) is 18.2 Å². The van der Waals surface area contributed by atoms with Gasteiger partial charge < -0.3 is 18.8 Å². The van der Waals surface area contributed by atoms with E-state index in [1.165, 1.54) is 13.4 Å². The van der Waals surface area contributed by atoms with E-state index in [1.54, 1.807) is 12.0 Å². The zero-order valence-electron chi connectivity index (χ0n) is 14.8. The maximum Gasteiger partial charge on any atom is 0.328 e. The number of hydrogen-bond acceptors (Lipinski definition) is 5. The summed E-state index contributed by atoms with van der Waals surface area (Å²) in [6.45, 7) is 2.50. The van der Waals surface area contributed by atoms with Gasteiger partial charge in [0.2, 0.25) is 0 Å². The Balaban J connectivity index is 1.94.